The predicted octanol–water partition coefficient (Wildman–Crippen LogP) is 3.17. The monoisotopic (exact) mass is 351 g/mol. The van der Waals surface area contributed by atoms with Gasteiger partial charge in [0.1, 0.15) is 0 Å². The molecule has 0 unspecified atom stereocenters. The number of halogens is 3. The van der Waals surface area contributed by atoms with E-state index in [1.54, 1.807) is 18.2 Å². The molecule has 7 heteroatoms. The van der Waals surface area contributed by atoms with Crippen LogP contribution in [0.15, 0.2) is 18.2 Å². The highest BCUT2D eigenvalue weighted by Crippen LogP contribution is 2.29. The summed E-state index contributed by atoms with van der Waals surface area (Å²) in [6.07, 6.45) is 2.42. The zero-order chi connectivity index (χ0) is 14.5. The third-order valence-electron chi connectivity index (χ3n) is 3.51. The number of likely N-dealkylation sites (tertiary alicyclic amines) is 1. The van der Waals surface area contributed by atoms with Crippen molar-refractivity contribution in [3.63, 3.8) is 0 Å². The number of hydrogen-bond donors (Lipinski definition) is 2. The van der Waals surface area contributed by atoms with Crippen LogP contribution in [0.5, 0.6) is 0 Å². The van der Waals surface area contributed by atoms with E-state index in [0.29, 0.717) is 28.2 Å². The summed E-state index contributed by atoms with van der Waals surface area (Å²) >= 11 is 12.0. The summed E-state index contributed by atoms with van der Waals surface area (Å²) < 4.78 is 0. The molecular formula is C14H20Cl3N3O. The number of nitrogens with zero attached hydrogens (tertiary/aromatic N) is 1. The molecule has 1 aliphatic heterocycles. The molecular weight excluding hydrogens is 333 g/mol. The quantitative estimate of drug-likeness (QED) is 0.875. The van der Waals surface area contributed by atoms with Crippen LogP contribution < -0.4 is 11.1 Å². The summed E-state index contributed by atoms with van der Waals surface area (Å²) in [5.41, 5.74) is 6.34. The van der Waals surface area contributed by atoms with Crippen molar-refractivity contribution in [2.24, 2.45) is 5.73 Å². The van der Waals surface area contributed by atoms with Gasteiger partial charge in [-0.05, 0) is 38.1 Å². The molecule has 4 nitrogen and oxygen atoms in total. The lowest BCUT2D eigenvalue weighted by Gasteiger charge is -2.29. The summed E-state index contributed by atoms with van der Waals surface area (Å²) in [4.78, 5) is 14.2. The van der Waals surface area contributed by atoms with Gasteiger partial charge in [0.15, 0.2) is 0 Å². The minimum Gasteiger partial charge on any atom is -0.328 e. The molecule has 2 rings (SSSR count). The number of hydrogen-bond acceptors (Lipinski definition) is 3. The normalized spacial score (nSPS) is 16.3. The van der Waals surface area contributed by atoms with Crippen LogP contribution in [0.1, 0.15) is 19.3 Å². The summed E-state index contributed by atoms with van der Waals surface area (Å²) in [7, 11) is 0. The molecule has 1 heterocycles. The van der Waals surface area contributed by atoms with Gasteiger partial charge in [0.25, 0.3) is 0 Å². The summed E-state index contributed by atoms with van der Waals surface area (Å²) in [5.74, 6) is -0.0742. The first-order chi connectivity index (χ1) is 9.56. The lowest BCUT2D eigenvalue weighted by atomic mass is 10.1. The van der Waals surface area contributed by atoms with Crippen LogP contribution in [0.2, 0.25) is 10.0 Å². The first-order valence-electron chi connectivity index (χ1n) is 6.78. The number of anilines is 1. The van der Waals surface area contributed by atoms with E-state index in [2.05, 4.69) is 10.2 Å². The van der Waals surface area contributed by atoms with Crippen molar-refractivity contribution in [1.82, 2.24) is 4.90 Å². The molecule has 1 fully saturated rings. The van der Waals surface area contributed by atoms with Gasteiger partial charge in [-0.2, -0.15) is 0 Å². The maximum atomic E-state index is 11.9. The number of carbonyl (C=O) groups excluding carboxylic acids is 1. The molecule has 21 heavy (non-hydrogen) atoms. The van der Waals surface area contributed by atoms with Crippen LogP contribution in [0.25, 0.3) is 0 Å². The molecule has 0 saturated carbocycles. The third-order valence-corrected chi connectivity index (χ3v) is 4.14. The number of benzene rings is 1. The van der Waals surface area contributed by atoms with Gasteiger partial charge in [-0.1, -0.05) is 29.3 Å². The number of rotatable bonds is 4. The Bertz CT molecular complexity index is 456. The third kappa shape index (κ3) is 5.64. The largest absolute Gasteiger partial charge is 0.328 e. The molecule has 3 N–H and O–H groups in total. The van der Waals surface area contributed by atoms with Crippen LogP contribution in [0, 0.1) is 0 Å². The smallest absolute Gasteiger partial charge is 0.225 e. The maximum Gasteiger partial charge on any atom is 0.225 e. The fourth-order valence-electron chi connectivity index (χ4n) is 2.26. The zero-order valence-corrected chi connectivity index (χ0v) is 14.0. The molecule has 118 valence electrons. The molecule has 0 radical (unpaired) electrons. The predicted molar refractivity (Wildman–Crippen MR) is 90.6 cm³/mol. The number of carbonyl (C=O) groups is 1. The van der Waals surface area contributed by atoms with E-state index in [4.69, 9.17) is 28.9 Å². The number of para-hydroxylation sites is 1. The van der Waals surface area contributed by atoms with Crippen molar-refractivity contribution in [3.8, 4) is 0 Å². The summed E-state index contributed by atoms with van der Waals surface area (Å²) in [5, 5.41) is 3.68. The van der Waals surface area contributed by atoms with Crippen LogP contribution in [-0.2, 0) is 4.79 Å². The number of nitrogens with one attached hydrogen (secondary N) is 1. The first-order valence-corrected chi connectivity index (χ1v) is 7.53. The molecule has 1 amide bonds. The second kappa shape index (κ2) is 8.81. The van der Waals surface area contributed by atoms with Gasteiger partial charge in [0.05, 0.1) is 15.7 Å². The SMILES string of the molecule is Cl.NC1CCN(CCC(=O)Nc2c(Cl)cccc2Cl)CC1. The van der Waals surface area contributed by atoms with E-state index >= 15 is 0 Å². The Labute approximate surface area is 141 Å². The van der Waals surface area contributed by atoms with Crippen molar-refractivity contribution in [3.05, 3.63) is 28.2 Å². The van der Waals surface area contributed by atoms with Gasteiger partial charge >= 0.3 is 0 Å². The molecule has 1 aromatic rings. The van der Waals surface area contributed by atoms with E-state index in [0.717, 1.165) is 32.5 Å². The van der Waals surface area contributed by atoms with Gasteiger partial charge in [-0.25, -0.2) is 0 Å². The molecule has 0 spiro atoms. The highest BCUT2D eigenvalue weighted by Gasteiger charge is 2.17. The van der Waals surface area contributed by atoms with Crippen molar-refractivity contribution in [1.29, 1.82) is 0 Å². The van der Waals surface area contributed by atoms with Gasteiger partial charge in [0.2, 0.25) is 5.91 Å². The minimum absolute atomic E-state index is 0. The first kappa shape index (κ1) is 18.5. The number of piperidine rings is 1. The average Bonchev–Trinajstić information content (AvgIpc) is 2.42. The zero-order valence-electron chi connectivity index (χ0n) is 11.6. The molecule has 0 aliphatic carbocycles. The van der Waals surface area contributed by atoms with Crippen molar-refractivity contribution in [2.45, 2.75) is 25.3 Å². The maximum absolute atomic E-state index is 11.9. The van der Waals surface area contributed by atoms with E-state index in [1.807, 2.05) is 0 Å². The Morgan fingerprint density at radius 3 is 2.43 bits per heavy atom. The lowest BCUT2D eigenvalue weighted by Crippen LogP contribution is -2.40. The highest BCUT2D eigenvalue weighted by atomic mass is 35.5. The fourth-order valence-corrected chi connectivity index (χ4v) is 2.75. The Morgan fingerprint density at radius 1 is 1.29 bits per heavy atom. The lowest BCUT2D eigenvalue weighted by molar-refractivity contribution is -0.116. The van der Waals surface area contributed by atoms with Crippen LogP contribution >= 0.6 is 35.6 Å². The van der Waals surface area contributed by atoms with Crippen molar-refractivity contribution in [2.75, 3.05) is 25.0 Å². The summed E-state index contributed by atoms with van der Waals surface area (Å²) in [6, 6.07) is 5.46. The average molecular weight is 353 g/mol. The minimum atomic E-state index is -0.0742. The van der Waals surface area contributed by atoms with E-state index < -0.39 is 0 Å². The van der Waals surface area contributed by atoms with Crippen molar-refractivity contribution >= 4 is 47.2 Å². The molecule has 0 bridgehead atoms. The number of nitrogens with two attached hydrogens (primary N) is 1. The van der Waals surface area contributed by atoms with Crippen molar-refractivity contribution < 1.29 is 4.79 Å². The van der Waals surface area contributed by atoms with Gasteiger partial charge < -0.3 is 16.0 Å². The van der Waals surface area contributed by atoms with Crippen LogP contribution in [0.3, 0.4) is 0 Å². The molecule has 1 aromatic carbocycles. The molecule has 0 atom stereocenters. The Balaban J connectivity index is 0.00000220. The van der Waals surface area contributed by atoms with Gasteiger partial charge in [-0.15, -0.1) is 12.4 Å². The second-order valence-electron chi connectivity index (χ2n) is 5.07. The van der Waals surface area contributed by atoms with E-state index in [9.17, 15) is 4.79 Å². The highest BCUT2D eigenvalue weighted by molar-refractivity contribution is 6.39. The van der Waals surface area contributed by atoms with Crippen LogP contribution in [0.4, 0.5) is 5.69 Å². The fraction of sp³-hybridized carbons (Fsp3) is 0.500. The standard InChI is InChI=1S/C14H19Cl2N3O.ClH/c15-11-2-1-3-12(16)14(11)18-13(20)6-9-19-7-4-10(17)5-8-19;/h1-3,10H,4-9,17H2,(H,18,20);1H. The number of amides is 1. The Morgan fingerprint density at radius 2 is 1.86 bits per heavy atom. The van der Waals surface area contributed by atoms with Crippen LogP contribution in [-0.4, -0.2) is 36.5 Å². The van der Waals surface area contributed by atoms with E-state index in [-0.39, 0.29) is 18.3 Å². The second-order valence-corrected chi connectivity index (χ2v) is 5.89. The Hall–Kier alpha value is -0.520. The summed E-state index contributed by atoms with van der Waals surface area (Å²) in [6.45, 7) is 2.66. The topological polar surface area (TPSA) is 58.4 Å². The van der Waals surface area contributed by atoms with E-state index in [1.165, 1.54) is 0 Å². The van der Waals surface area contributed by atoms with Gasteiger partial charge in [-0.3, -0.25) is 4.79 Å². The van der Waals surface area contributed by atoms with Gasteiger partial charge in [0, 0.05) is 19.0 Å². The molecule has 0 aromatic heterocycles. The Kier molecular flexibility index (Phi) is 7.77. The molecule has 1 saturated heterocycles. The molecule has 1 aliphatic rings.